The smallest absolute Gasteiger partial charge is 0.179 e. The standard InChI is InChI=1S/C20H20N8O/c1-13-7-16-14(9-22-19(16)21-8-13)12-28-20-18(25-26-28)4-3-17(24-20)15-10-23-27(11-15)5-2-6-29/h3-4,7-11,29H,2,5-6,12H2,1H3,(H,21,22). The summed E-state index contributed by atoms with van der Waals surface area (Å²) in [4.78, 5) is 12.4. The summed E-state index contributed by atoms with van der Waals surface area (Å²) in [5.74, 6) is 0. The van der Waals surface area contributed by atoms with Crippen LogP contribution in [0.5, 0.6) is 0 Å². The molecule has 5 aromatic rings. The Bertz CT molecular complexity index is 1300. The van der Waals surface area contributed by atoms with Gasteiger partial charge in [0.25, 0.3) is 0 Å². The van der Waals surface area contributed by atoms with Crippen LogP contribution in [0.4, 0.5) is 0 Å². The zero-order chi connectivity index (χ0) is 19.8. The van der Waals surface area contributed by atoms with E-state index >= 15 is 0 Å². The molecule has 5 heterocycles. The van der Waals surface area contributed by atoms with Crippen LogP contribution in [0, 0.1) is 6.92 Å². The molecule has 146 valence electrons. The molecule has 0 aliphatic rings. The number of aromatic amines is 1. The predicted molar refractivity (Wildman–Crippen MR) is 108 cm³/mol. The average molecular weight is 388 g/mol. The molecular weight excluding hydrogens is 368 g/mol. The van der Waals surface area contributed by atoms with Crippen LogP contribution in [0.3, 0.4) is 0 Å². The lowest BCUT2D eigenvalue weighted by Gasteiger charge is -2.03. The monoisotopic (exact) mass is 388 g/mol. The minimum Gasteiger partial charge on any atom is -0.396 e. The van der Waals surface area contributed by atoms with Gasteiger partial charge in [0.2, 0.25) is 0 Å². The van der Waals surface area contributed by atoms with Gasteiger partial charge in [-0.2, -0.15) is 5.10 Å². The maximum Gasteiger partial charge on any atom is 0.179 e. The highest BCUT2D eigenvalue weighted by atomic mass is 16.3. The first-order valence-corrected chi connectivity index (χ1v) is 9.48. The third-order valence-electron chi connectivity index (χ3n) is 4.91. The van der Waals surface area contributed by atoms with E-state index in [1.165, 1.54) is 0 Å². The van der Waals surface area contributed by atoms with E-state index in [2.05, 4.69) is 31.4 Å². The van der Waals surface area contributed by atoms with Crippen molar-refractivity contribution in [2.75, 3.05) is 6.61 Å². The SMILES string of the molecule is Cc1cnc2[nH]cc(Cn3nnc4ccc(-c5cnn(CCCO)c5)nc43)c2c1. The fourth-order valence-corrected chi connectivity index (χ4v) is 3.43. The van der Waals surface area contributed by atoms with Gasteiger partial charge in [-0.05, 0) is 37.1 Å². The van der Waals surface area contributed by atoms with Crippen LogP contribution >= 0.6 is 0 Å². The van der Waals surface area contributed by atoms with Gasteiger partial charge < -0.3 is 10.1 Å². The predicted octanol–water partition coefficient (Wildman–Crippen LogP) is 2.31. The van der Waals surface area contributed by atoms with Crippen molar-refractivity contribution in [3.05, 3.63) is 54.1 Å². The Morgan fingerprint density at radius 2 is 2.14 bits per heavy atom. The van der Waals surface area contributed by atoms with Gasteiger partial charge in [0.05, 0.1) is 18.4 Å². The molecule has 2 N–H and O–H groups in total. The summed E-state index contributed by atoms with van der Waals surface area (Å²) in [5, 5.41) is 23.0. The molecule has 0 aliphatic carbocycles. The second kappa shape index (κ2) is 7.10. The van der Waals surface area contributed by atoms with E-state index in [0.29, 0.717) is 19.5 Å². The normalized spacial score (nSPS) is 11.7. The van der Waals surface area contributed by atoms with Gasteiger partial charge in [0.1, 0.15) is 11.2 Å². The summed E-state index contributed by atoms with van der Waals surface area (Å²) in [6.45, 7) is 3.40. The van der Waals surface area contributed by atoms with Gasteiger partial charge in [-0.25, -0.2) is 14.6 Å². The number of aliphatic hydroxyl groups is 1. The van der Waals surface area contributed by atoms with Crippen LogP contribution in [0.25, 0.3) is 33.5 Å². The van der Waals surface area contributed by atoms with Gasteiger partial charge in [-0.1, -0.05) is 5.21 Å². The van der Waals surface area contributed by atoms with Crippen molar-refractivity contribution >= 4 is 22.2 Å². The molecule has 0 fully saturated rings. The van der Waals surface area contributed by atoms with E-state index in [1.54, 1.807) is 10.9 Å². The highest BCUT2D eigenvalue weighted by Gasteiger charge is 2.13. The number of aromatic nitrogens is 8. The molecule has 0 saturated heterocycles. The molecular formula is C20H20N8O. The first-order chi connectivity index (χ1) is 14.2. The molecule has 29 heavy (non-hydrogen) atoms. The molecule has 0 spiro atoms. The summed E-state index contributed by atoms with van der Waals surface area (Å²) < 4.78 is 3.62. The fourth-order valence-electron chi connectivity index (χ4n) is 3.43. The average Bonchev–Trinajstić information content (AvgIpc) is 3.46. The molecule has 0 saturated carbocycles. The Balaban J connectivity index is 1.49. The van der Waals surface area contributed by atoms with Gasteiger partial charge in [-0.3, -0.25) is 4.68 Å². The molecule has 0 unspecified atom stereocenters. The quantitative estimate of drug-likeness (QED) is 0.462. The van der Waals surface area contributed by atoms with Crippen molar-refractivity contribution in [1.29, 1.82) is 0 Å². The first kappa shape index (κ1) is 17.5. The molecule has 0 aromatic carbocycles. The number of rotatable bonds is 6. The molecule has 0 atom stereocenters. The van der Waals surface area contributed by atoms with Crippen molar-refractivity contribution in [3.63, 3.8) is 0 Å². The summed E-state index contributed by atoms with van der Waals surface area (Å²) in [6, 6.07) is 5.97. The van der Waals surface area contributed by atoms with E-state index in [4.69, 9.17) is 10.1 Å². The number of pyridine rings is 2. The minimum atomic E-state index is 0.146. The third kappa shape index (κ3) is 3.25. The van der Waals surface area contributed by atoms with Crippen molar-refractivity contribution in [1.82, 2.24) is 39.7 Å². The molecule has 9 nitrogen and oxygen atoms in total. The molecule has 0 amide bonds. The van der Waals surface area contributed by atoms with Crippen molar-refractivity contribution < 1.29 is 5.11 Å². The second-order valence-corrected chi connectivity index (χ2v) is 7.08. The summed E-state index contributed by atoms with van der Waals surface area (Å²) in [6.07, 6.45) is 8.20. The number of fused-ring (bicyclic) bond motifs is 2. The Hall–Kier alpha value is -3.59. The number of aryl methyl sites for hydroxylation is 2. The largest absolute Gasteiger partial charge is 0.396 e. The summed E-state index contributed by atoms with van der Waals surface area (Å²) in [7, 11) is 0. The number of nitrogens with zero attached hydrogens (tertiary/aromatic N) is 7. The van der Waals surface area contributed by atoms with E-state index in [9.17, 15) is 0 Å². The molecule has 9 heteroatoms. The lowest BCUT2D eigenvalue weighted by molar-refractivity contribution is 0.277. The van der Waals surface area contributed by atoms with Crippen LogP contribution in [0.2, 0.25) is 0 Å². The number of aliphatic hydroxyl groups excluding tert-OH is 1. The number of hydrogen-bond donors (Lipinski definition) is 2. The fraction of sp³-hybridized carbons (Fsp3) is 0.250. The lowest BCUT2D eigenvalue weighted by atomic mass is 10.2. The molecule has 5 aromatic heterocycles. The third-order valence-corrected chi connectivity index (χ3v) is 4.91. The van der Waals surface area contributed by atoms with Gasteiger partial charge >= 0.3 is 0 Å². The van der Waals surface area contributed by atoms with Crippen LogP contribution in [-0.4, -0.2) is 51.4 Å². The van der Waals surface area contributed by atoms with E-state index in [-0.39, 0.29) is 6.61 Å². The molecule has 0 bridgehead atoms. The minimum absolute atomic E-state index is 0.146. The summed E-state index contributed by atoms with van der Waals surface area (Å²) >= 11 is 0. The highest BCUT2D eigenvalue weighted by Crippen LogP contribution is 2.22. The number of H-pyrrole nitrogens is 1. The zero-order valence-corrected chi connectivity index (χ0v) is 15.9. The highest BCUT2D eigenvalue weighted by molar-refractivity contribution is 5.80. The van der Waals surface area contributed by atoms with Gasteiger partial charge in [0, 0.05) is 48.3 Å². The van der Waals surface area contributed by atoms with Gasteiger partial charge in [0.15, 0.2) is 5.65 Å². The van der Waals surface area contributed by atoms with Crippen LogP contribution in [0.1, 0.15) is 17.5 Å². The summed E-state index contributed by atoms with van der Waals surface area (Å²) in [5.41, 5.74) is 6.26. The van der Waals surface area contributed by atoms with Crippen LogP contribution < -0.4 is 0 Å². The Morgan fingerprint density at radius 3 is 3.03 bits per heavy atom. The van der Waals surface area contributed by atoms with Crippen LogP contribution in [-0.2, 0) is 13.1 Å². The Labute approximate surface area is 166 Å². The van der Waals surface area contributed by atoms with Crippen LogP contribution in [0.15, 0.2) is 43.0 Å². The van der Waals surface area contributed by atoms with Crippen molar-refractivity contribution in [2.24, 2.45) is 0 Å². The van der Waals surface area contributed by atoms with E-state index < -0.39 is 0 Å². The number of nitrogens with one attached hydrogen (secondary N) is 1. The second-order valence-electron chi connectivity index (χ2n) is 7.08. The van der Waals surface area contributed by atoms with Crippen molar-refractivity contribution in [2.45, 2.75) is 26.4 Å². The van der Waals surface area contributed by atoms with Crippen molar-refractivity contribution in [3.8, 4) is 11.3 Å². The zero-order valence-electron chi connectivity index (χ0n) is 15.9. The van der Waals surface area contributed by atoms with E-state index in [1.807, 2.05) is 42.3 Å². The number of hydrogen-bond acceptors (Lipinski definition) is 6. The topological polar surface area (TPSA) is 110 Å². The Kier molecular flexibility index (Phi) is 4.28. The molecule has 0 aliphatic heterocycles. The van der Waals surface area contributed by atoms with E-state index in [0.717, 1.165) is 44.6 Å². The lowest BCUT2D eigenvalue weighted by Crippen LogP contribution is -2.03. The Morgan fingerprint density at radius 1 is 1.21 bits per heavy atom. The maximum atomic E-state index is 8.99. The molecule has 0 radical (unpaired) electrons. The molecule has 5 rings (SSSR count). The first-order valence-electron chi connectivity index (χ1n) is 9.48. The maximum absolute atomic E-state index is 8.99. The van der Waals surface area contributed by atoms with Gasteiger partial charge in [-0.15, -0.1) is 5.10 Å².